The van der Waals surface area contributed by atoms with Crippen LogP contribution in [0.5, 0.6) is 0 Å². The molecule has 5 heteroatoms. The minimum Gasteiger partial charge on any atom is -0.333 e. The Bertz CT molecular complexity index is 938. The summed E-state index contributed by atoms with van der Waals surface area (Å²) >= 11 is 0. The van der Waals surface area contributed by atoms with Gasteiger partial charge in [-0.05, 0) is 11.6 Å². The number of hydrogen-bond acceptors (Lipinski definition) is 1. The summed E-state index contributed by atoms with van der Waals surface area (Å²) in [5.41, 5.74) is 3.29. The van der Waals surface area contributed by atoms with Crippen molar-refractivity contribution in [3.05, 3.63) is 65.9 Å². The van der Waals surface area contributed by atoms with Crippen LogP contribution in [0.15, 0.2) is 48.7 Å². The van der Waals surface area contributed by atoms with E-state index in [-0.39, 0.29) is 0 Å². The molecule has 0 fully saturated rings. The number of nitrogens with zero attached hydrogens (tertiary/aromatic N) is 2. The van der Waals surface area contributed by atoms with Crippen LogP contribution in [-0.4, -0.2) is 14.8 Å². The van der Waals surface area contributed by atoms with Crippen LogP contribution >= 0.6 is 0 Å². The Balaban J connectivity index is 2.00. The van der Waals surface area contributed by atoms with E-state index in [0.717, 1.165) is 16.6 Å². The monoisotopic (exact) mass is 283 g/mol. The fraction of sp³-hybridized carbons (Fsp3) is 0.0625. The predicted molar refractivity (Wildman–Crippen MR) is 77.0 cm³/mol. The van der Waals surface area contributed by atoms with Crippen LogP contribution in [0.1, 0.15) is 5.56 Å². The summed E-state index contributed by atoms with van der Waals surface area (Å²) in [6, 6.07) is 12.3. The Morgan fingerprint density at radius 1 is 1.00 bits per heavy atom. The molecule has 4 aromatic rings. The molecule has 0 amide bonds. The molecule has 0 saturated carbocycles. The lowest BCUT2D eigenvalue weighted by molar-refractivity contribution is 0.510. The molecule has 0 saturated heterocycles. The van der Waals surface area contributed by atoms with E-state index in [1.165, 1.54) is 12.1 Å². The zero-order valence-corrected chi connectivity index (χ0v) is 11.0. The lowest BCUT2D eigenvalue weighted by Crippen LogP contribution is -1.99. The van der Waals surface area contributed by atoms with Crippen LogP contribution in [0.4, 0.5) is 8.78 Å². The molecule has 2 aromatic carbocycles. The molecule has 104 valence electrons. The van der Waals surface area contributed by atoms with E-state index in [2.05, 4.69) is 10.2 Å². The van der Waals surface area contributed by atoms with Crippen LogP contribution in [0.3, 0.4) is 0 Å². The molecule has 0 unspecified atom stereocenters. The number of hydrogen-bond donors (Lipinski definition) is 1. The van der Waals surface area contributed by atoms with Gasteiger partial charge in [0.2, 0.25) is 0 Å². The van der Waals surface area contributed by atoms with Crippen LogP contribution < -0.4 is 0 Å². The normalized spacial score (nSPS) is 11.5. The van der Waals surface area contributed by atoms with Crippen LogP contribution in [0, 0.1) is 11.6 Å². The largest absolute Gasteiger partial charge is 0.333 e. The van der Waals surface area contributed by atoms with E-state index < -0.39 is 11.6 Å². The molecular formula is C16H11F2N3. The summed E-state index contributed by atoms with van der Waals surface area (Å²) in [6.07, 6.45) is 1.67. The van der Waals surface area contributed by atoms with Crippen molar-refractivity contribution in [1.29, 1.82) is 0 Å². The summed E-state index contributed by atoms with van der Waals surface area (Å²) in [7, 11) is 0. The van der Waals surface area contributed by atoms with Crippen LogP contribution in [-0.2, 0) is 6.54 Å². The van der Waals surface area contributed by atoms with Gasteiger partial charge in [-0.15, -0.1) is 0 Å². The highest BCUT2D eigenvalue weighted by molar-refractivity contribution is 6.05. The molecule has 0 spiro atoms. The first kappa shape index (κ1) is 12.1. The Morgan fingerprint density at radius 2 is 1.76 bits per heavy atom. The van der Waals surface area contributed by atoms with Crippen molar-refractivity contribution >= 4 is 21.9 Å². The molecule has 0 atom stereocenters. The van der Waals surface area contributed by atoms with E-state index in [1.807, 2.05) is 34.9 Å². The van der Waals surface area contributed by atoms with Crippen molar-refractivity contribution in [3.63, 3.8) is 0 Å². The summed E-state index contributed by atoms with van der Waals surface area (Å²) < 4.78 is 29.0. The molecule has 0 bridgehead atoms. The first-order valence-electron chi connectivity index (χ1n) is 6.58. The van der Waals surface area contributed by atoms with E-state index >= 15 is 0 Å². The number of H-pyrrole nitrogens is 1. The zero-order valence-electron chi connectivity index (χ0n) is 11.0. The second-order valence-corrected chi connectivity index (χ2v) is 4.99. The lowest BCUT2D eigenvalue weighted by Gasteiger charge is -2.07. The number of halogens is 2. The number of benzene rings is 2. The first-order valence-corrected chi connectivity index (χ1v) is 6.58. The molecule has 0 aliphatic heterocycles. The molecule has 2 aromatic heterocycles. The molecule has 0 radical (unpaired) electrons. The lowest BCUT2D eigenvalue weighted by atomic mass is 10.2. The Hall–Kier alpha value is -2.69. The average molecular weight is 283 g/mol. The first-order chi connectivity index (χ1) is 10.2. The Kier molecular flexibility index (Phi) is 2.54. The highest BCUT2D eigenvalue weighted by Crippen LogP contribution is 2.29. The van der Waals surface area contributed by atoms with Crippen molar-refractivity contribution in [2.24, 2.45) is 0 Å². The Labute approximate surface area is 118 Å². The summed E-state index contributed by atoms with van der Waals surface area (Å²) in [6.45, 7) is 0.575. The number of fused-ring (bicyclic) bond motifs is 3. The maximum absolute atomic E-state index is 13.6. The van der Waals surface area contributed by atoms with E-state index in [9.17, 15) is 8.78 Å². The van der Waals surface area contributed by atoms with Gasteiger partial charge in [-0.3, -0.25) is 5.10 Å². The van der Waals surface area contributed by atoms with E-state index in [1.54, 1.807) is 6.20 Å². The fourth-order valence-corrected chi connectivity index (χ4v) is 2.71. The quantitative estimate of drug-likeness (QED) is 0.595. The van der Waals surface area contributed by atoms with Gasteiger partial charge in [-0.25, -0.2) is 8.78 Å². The predicted octanol–water partition coefficient (Wildman–Crippen LogP) is 3.84. The third-order valence-corrected chi connectivity index (χ3v) is 3.69. The molecule has 3 nitrogen and oxygen atoms in total. The number of rotatable bonds is 2. The van der Waals surface area contributed by atoms with Crippen LogP contribution in [0.2, 0.25) is 0 Å². The van der Waals surface area contributed by atoms with Gasteiger partial charge in [-0.2, -0.15) is 5.10 Å². The van der Waals surface area contributed by atoms with Crippen molar-refractivity contribution in [3.8, 4) is 0 Å². The van der Waals surface area contributed by atoms with Gasteiger partial charge in [0.25, 0.3) is 0 Å². The summed E-state index contributed by atoms with van der Waals surface area (Å²) in [5.74, 6) is -1.69. The third-order valence-electron chi connectivity index (χ3n) is 3.69. The third kappa shape index (κ3) is 1.81. The van der Waals surface area contributed by atoms with Gasteiger partial charge in [-0.1, -0.05) is 30.3 Å². The van der Waals surface area contributed by atoms with Gasteiger partial charge < -0.3 is 4.57 Å². The Morgan fingerprint density at radius 3 is 2.57 bits per heavy atom. The van der Waals surface area contributed by atoms with E-state index in [0.29, 0.717) is 17.4 Å². The average Bonchev–Trinajstić information content (AvgIpc) is 3.06. The van der Waals surface area contributed by atoms with Crippen LogP contribution in [0.25, 0.3) is 21.9 Å². The van der Waals surface area contributed by atoms with Gasteiger partial charge in [0.1, 0.15) is 0 Å². The van der Waals surface area contributed by atoms with Crippen molar-refractivity contribution in [2.75, 3.05) is 0 Å². The maximum Gasteiger partial charge on any atom is 0.160 e. The maximum atomic E-state index is 13.6. The highest BCUT2D eigenvalue weighted by Gasteiger charge is 2.15. The van der Waals surface area contributed by atoms with Gasteiger partial charge >= 0.3 is 0 Å². The molecule has 4 rings (SSSR count). The second-order valence-electron chi connectivity index (χ2n) is 4.99. The molecule has 0 aliphatic rings. The smallest absolute Gasteiger partial charge is 0.160 e. The van der Waals surface area contributed by atoms with Crippen molar-refractivity contribution < 1.29 is 8.78 Å². The minimum atomic E-state index is -0.851. The molecule has 2 heterocycles. The summed E-state index contributed by atoms with van der Waals surface area (Å²) in [5, 5.41) is 7.50. The SMILES string of the molecule is Fc1cc2c3[nH]ncc3n(Cc3ccccc3)c2cc1F. The standard InChI is InChI=1S/C16H11F2N3/c17-12-6-11-14(7-13(12)18)21(15-8-19-20-16(11)15)9-10-4-2-1-3-5-10/h1-8H,9H2,(H,19,20). The van der Waals surface area contributed by atoms with Gasteiger partial charge in [0, 0.05) is 18.0 Å². The number of nitrogens with one attached hydrogen (secondary N) is 1. The molecule has 21 heavy (non-hydrogen) atoms. The topological polar surface area (TPSA) is 33.6 Å². The molecule has 0 aliphatic carbocycles. The second kappa shape index (κ2) is 4.41. The highest BCUT2D eigenvalue weighted by atomic mass is 19.2. The zero-order chi connectivity index (χ0) is 14.4. The summed E-state index contributed by atoms with van der Waals surface area (Å²) in [4.78, 5) is 0. The van der Waals surface area contributed by atoms with Gasteiger partial charge in [0.05, 0.1) is 22.7 Å². The van der Waals surface area contributed by atoms with E-state index in [4.69, 9.17) is 0 Å². The number of aromatic amines is 1. The van der Waals surface area contributed by atoms with Crippen molar-refractivity contribution in [1.82, 2.24) is 14.8 Å². The fourth-order valence-electron chi connectivity index (χ4n) is 2.71. The minimum absolute atomic E-state index is 0.575. The number of aromatic nitrogens is 3. The molecule has 1 N–H and O–H groups in total. The van der Waals surface area contributed by atoms with Crippen molar-refractivity contribution in [2.45, 2.75) is 6.54 Å². The molecular weight excluding hydrogens is 272 g/mol. The van der Waals surface area contributed by atoms with Gasteiger partial charge in [0.15, 0.2) is 11.6 Å².